The van der Waals surface area contributed by atoms with Gasteiger partial charge >= 0.3 is 11.9 Å². The molecule has 0 atom stereocenters. The zero-order chi connectivity index (χ0) is 8.85. The van der Waals surface area contributed by atoms with Crippen LogP contribution in [0.4, 0.5) is 0 Å². The normalized spacial score (nSPS) is 10.5. The molecule has 0 aliphatic heterocycles. The van der Waals surface area contributed by atoms with Crippen LogP contribution in [0, 0.1) is 0 Å². The Labute approximate surface area is 63.2 Å². The van der Waals surface area contributed by atoms with Gasteiger partial charge in [-0.3, -0.25) is 0 Å². The van der Waals surface area contributed by atoms with Gasteiger partial charge in [0.05, 0.1) is 20.3 Å². The predicted octanol–water partition coefficient (Wildman–Crippen LogP) is -0.226. The van der Waals surface area contributed by atoms with E-state index < -0.39 is 17.7 Å². The van der Waals surface area contributed by atoms with Crippen molar-refractivity contribution in [2.24, 2.45) is 0 Å². The molecule has 0 radical (unpaired) electrons. The van der Waals surface area contributed by atoms with Crippen molar-refractivity contribution in [3.8, 4) is 0 Å². The van der Waals surface area contributed by atoms with Gasteiger partial charge in [0.2, 0.25) is 5.76 Å². The highest BCUT2D eigenvalue weighted by Gasteiger charge is 2.08. The van der Waals surface area contributed by atoms with Crippen LogP contribution in [0.2, 0.25) is 0 Å². The van der Waals surface area contributed by atoms with E-state index >= 15 is 0 Å². The summed E-state index contributed by atoms with van der Waals surface area (Å²) in [5, 5.41) is 8.70. The summed E-state index contributed by atoms with van der Waals surface area (Å²) in [6, 6.07) is 0. The number of hydrogen-bond acceptors (Lipinski definition) is 5. The molecule has 0 aliphatic carbocycles. The van der Waals surface area contributed by atoms with Gasteiger partial charge in [-0.1, -0.05) is 0 Å². The maximum Gasteiger partial charge on any atom is 0.373 e. The summed E-state index contributed by atoms with van der Waals surface area (Å²) in [5.41, 5.74) is 0. The Morgan fingerprint density at radius 2 is 1.82 bits per heavy atom. The van der Waals surface area contributed by atoms with Crippen LogP contribution in [0.25, 0.3) is 0 Å². The Bertz CT molecular complexity index is 193. The van der Waals surface area contributed by atoms with Gasteiger partial charge in [0, 0.05) is 0 Å². The first-order valence-electron chi connectivity index (χ1n) is 2.68. The molecule has 5 heteroatoms. The van der Waals surface area contributed by atoms with Crippen LogP contribution in [-0.2, 0) is 19.1 Å². The summed E-state index contributed by atoms with van der Waals surface area (Å²) in [4.78, 5) is 20.8. The maximum absolute atomic E-state index is 10.4. The number of carbonyl (C=O) groups excluding carboxylic acids is 2. The van der Waals surface area contributed by atoms with Crippen molar-refractivity contribution in [3.05, 3.63) is 11.8 Å². The fourth-order valence-corrected chi connectivity index (χ4v) is 0.334. The molecule has 0 bridgehead atoms. The van der Waals surface area contributed by atoms with Crippen molar-refractivity contribution < 1.29 is 24.2 Å². The summed E-state index contributed by atoms with van der Waals surface area (Å²) >= 11 is 0. The minimum Gasteiger partial charge on any atom is -0.502 e. The molecular formula is C6H8O5. The Hall–Kier alpha value is -1.52. The lowest BCUT2D eigenvalue weighted by atomic mass is 10.4. The summed E-state index contributed by atoms with van der Waals surface area (Å²) in [7, 11) is 2.22. The highest BCUT2D eigenvalue weighted by Crippen LogP contribution is 1.91. The average Bonchev–Trinajstić information content (AvgIpc) is 2.02. The van der Waals surface area contributed by atoms with Crippen LogP contribution in [-0.4, -0.2) is 31.3 Å². The first kappa shape index (κ1) is 9.48. The molecule has 0 aromatic rings. The number of ether oxygens (including phenoxy) is 2. The second kappa shape index (κ2) is 4.32. The molecule has 0 heterocycles. The van der Waals surface area contributed by atoms with E-state index in [0.29, 0.717) is 6.08 Å². The molecule has 0 unspecified atom stereocenters. The fourth-order valence-electron chi connectivity index (χ4n) is 0.334. The molecule has 0 aliphatic rings. The SMILES string of the molecule is COC(=O)/C=C(/O)C(=O)OC. The van der Waals surface area contributed by atoms with Gasteiger partial charge in [-0.25, -0.2) is 9.59 Å². The maximum atomic E-state index is 10.4. The number of esters is 2. The fraction of sp³-hybridized carbons (Fsp3) is 0.333. The molecule has 5 nitrogen and oxygen atoms in total. The number of aliphatic hydroxyl groups excluding tert-OH is 1. The van der Waals surface area contributed by atoms with Crippen LogP contribution in [0.15, 0.2) is 11.8 Å². The van der Waals surface area contributed by atoms with Crippen molar-refractivity contribution in [3.63, 3.8) is 0 Å². The zero-order valence-electron chi connectivity index (χ0n) is 6.16. The third kappa shape index (κ3) is 3.24. The number of carbonyl (C=O) groups is 2. The molecule has 0 saturated heterocycles. The van der Waals surface area contributed by atoms with Gasteiger partial charge in [-0.15, -0.1) is 0 Å². The lowest BCUT2D eigenvalue weighted by molar-refractivity contribution is -0.141. The van der Waals surface area contributed by atoms with Crippen LogP contribution in [0.3, 0.4) is 0 Å². The lowest BCUT2D eigenvalue weighted by Gasteiger charge is -1.95. The van der Waals surface area contributed by atoms with Crippen molar-refractivity contribution in [2.75, 3.05) is 14.2 Å². The van der Waals surface area contributed by atoms with Gasteiger partial charge in [0.15, 0.2) is 0 Å². The monoisotopic (exact) mass is 160 g/mol. The molecule has 0 amide bonds. The van der Waals surface area contributed by atoms with E-state index in [1.54, 1.807) is 0 Å². The van der Waals surface area contributed by atoms with Crippen molar-refractivity contribution in [1.82, 2.24) is 0 Å². The van der Waals surface area contributed by atoms with Crippen LogP contribution >= 0.6 is 0 Å². The van der Waals surface area contributed by atoms with E-state index in [-0.39, 0.29) is 0 Å². The molecule has 0 saturated carbocycles. The quantitative estimate of drug-likeness (QED) is 0.343. The minimum absolute atomic E-state index is 0.631. The van der Waals surface area contributed by atoms with Crippen molar-refractivity contribution in [2.45, 2.75) is 0 Å². The van der Waals surface area contributed by atoms with E-state index in [9.17, 15) is 9.59 Å². The van der Waals surface area contributed by atoms with E-state index in [1.165, 1.54) is 0 Å². The van der Waals surface area contributed by atoms with Gasteiger partial charge in [0.1, 0.15) is 0 Å². The van der Waals surface area contributed by atoms with E-state index in [4.69, 9.17) is 5.11 Å². The van der Waals surface area contributed by atoms with Crippen LogP contribution in [0.5, 0.6) is 0 Å². The third-order valence-electron chi connectivity index (χ3n) is 0.850. The third-order valence-corrected chi connectivity index (χ3v) is 0.850. The molecule has 0 aromatic heterocycles. The first-order chi connectivity index (χ1) is 5.11. The highest BCUT2D eigenvalue weighted by molar-refractivity contribution is 5.94. The molecule has 0 aromatic carbocycles. The second-order valence-electron chi connectivity index (χ2n) is 1.54. The average molecular weight is 160 g/mol. The number of methoxy groups -OCH3 is 2. The lowest BCUT2D eigenvalue weighted by Crippen LogP contribution is -2.07. The van der Waals surface area contributed by atoms with Crippen molar-refractivity contribution >= 4 is 11.9 Å². The van der Waals surface area contributed by atoms with E-state index in [1.807, 2.05) is 0 Å². The van der Waals surface area contributed by atoms with Crippen molar-refractivity contribution in [1.29, 1.82) is 0 Å². The molecule has 62 valence electrons. The molecule has 0 rings (SSSR count). The predicted molar refractivity (Wildman–Crippen MR) is 34.7 cm³/mol. The second-order valence-corrected chi connectivity index (χ2v) is 1.54. The minimum atomic E-state index is -0.976. The van der Waals surface area contributed by atoms with E-state index in [2.05, 4.69) is 9.47 Å². The largest absolute Gasteiger partial charge is 0.502 e. The number of hydrogen-bond donors (Lipinski definition) is 1. The van der Waals surface area contributed by atoms with E-state index in [0.717, 1.165) is 14.2 Å². The first-order valence-corrected chi connectivity index (χ1v) is 2.68. The Morgan fingerprint density at radius 1 is 1.27 bits per heavy atom. The number of aliphatic hydroxyl groups is 1. The Kier molecular flexibility index (Phi) is 3.72. The van der Waals surface area contributed by atoms with Gasteiger partial charge in [-0.2, -0.15) is 0 Å². The Morgan fingerprint density at radius 3 is 2.18 bits per heavy atom. The van der Waals surface area contributed by atoms with Crippen LogP contribution in [0.1, 0.15) is 0 Å². The standard InChI is InChI=1S/C6H8O5/c1-10-5(8)3-4(7)6(9)11-2/h3,7H,1-2H3/b4-3+. The molecule has 1 N–H and O–H groups in total. The summed E-state index contributed by atoms with van der Waals surface area (Å²) in [6.45, 7) is 0. The van der Waals surface area contributed by atoms with Crippen LogP contribution < -0.4 is 0 Å². The summed E-state index contributed by atoms with van der Waals surface area (Å²) < 4.78 is 8.22. The Balaban J connectivity index is 4.21. The summed E-state index contributed by atoms with van der Waals surface area (Å²) in [5.74, 6) is -2.57. The molecular weight excluding hydrogens is 152 g/mol. The molecule has 11 heavy (non-hydrogen) atoms. The topological polar surface area (TPSA) is 72.8 Å². The number of rotatable bonds is 2. The van der Waals surface area contributed by atoms with Gasteiger partial charge in [-0.05, 0) is 0 Å². The molecule has 0 spiro atoms. The highest BCUT2D eigenvalue weighted by atomic mass is 16.5. The smallest absolute Gasteiger partial charge is 0.373 e. The van der Waals surface area contributed by atoms with Gasteiger partial charge < -0.3 is 14.6 Å². The zero-order valence-corrected chi connectivity index (χ0v) is 6.16. The van der Waals surface area contributed by atoms with Gasteiger partial charge in [0.25, 0.3) is 0 Å². The summed E-state index contributed by atoms with van der Waals surface area (Å²) in [6.07, 6.45) is 0.631. The molecule has 0 fully saturated rings.